The van der Waals surface area contributed by atoms with Gasteiger partial charge in [-0.05, 0) is 47.5 Å². The van der Waals surface area contributed by atoms with E-state index in [4.69, 9.17) is 18.9 Å². The largest absolute Gasteiger partial charge is 0.491 e. The van der Waals surface area contributed by atoms with Crippen LogP contribution in [-0.4, -0.2) is 56.9 Å². The summed E-state index contributed by atoms with van der Waals surface area (Å²) in [6.45, 7) is 3.27. The molecule has 7 rings (SSSR count). The molecular weight excluding hydrogens is 564 g/mol. The smallest absolute Gasteiger partial charge is 0.249 e. The van der Waals surface area contributed by atoms with E-state index in [2.05, 4.69) is 43.5 Å². The van der Waals surface area contributed by atoms with Crippen LogP contribution in [0.15, 0.2) is 84.9 Å². The second kappa shape index (κ2) is 10.6. The van der Waals surface area contributed by atoms with Crippen LogP contribution in [0.5, 0.6) is 28.7 Å². The highest BCUT2D eigenvalue weighted by Gasteiger charge is 2.60. The molecule has 3 aliphatic rings. The third-order valence-electron chi connectivity index (χ3n) is 8.10. The minimum atomic E-state index is -1.03. The molecule has 8 heteroatoms. The van der Waals surface area contributed by atoms with Gasteiger partial charge in [-0.25, -0.2) is 0 Å². The van der Waals surface area contributed by atoms with Crippen molar-refractivity contribution in [2.24, 2.45) is 0 Å². The van der Waals surface area contributed by atoms with Crippen LogP contribution in [0.3, 0.4) is 0 Å². The first-order valence-corrected chi connectivity index (χ1v) is 17.2. The molecule has 0 N–H and O–H groups in total. The summed E-state index contributed by atoms with van der Waals surface area (Å²) in [5.74, 6) is 3.42. The van der Waals surface area contributed by atoms with Crippen LogP contribution in [0.1, 0.15) is 11.1 Å². The molecule has 4 aromatic rings. The fourth-order valence-electron chi connectivity index (χ4n) is 6.18. The number of para-hydroxylation sites is 1. The predicted octanol–water partition coefficient (Wildman–Crippen LogP) is 7.19. The number of ether oxygens (including phenoxy) is 4. The van der Waals surface area contributed by atoms with Gasteiger partial charge in [0.1, 0.15) is 50.0 Å². The molecule has 1 amide bonds. The molecule has 0 fully saturated rings. The number of hydrogen-bond acceptors (Lipinski definition) is 5. The van der Waals surface area contributed by atoms with E-state index in [1.165, 1.54) is 0 Å². The Morgan fingerprint density at radius 2 is 1.64 bits per heavy atom. The van der Waals surface area contributed by atoms with Crippen molar-refractivity contribution in [2.45, 2.75) is 11.2 Å². The summed E-state index contributed by atoms with van der Waals surface area (Å²) in [4.78, 5) is 16.9. The molecule has 42 heavy (non-hydrogen) atoms. The molecule has 0 aromatic heterocycles. The number of hydrogen-bond donors (Lipinski definition) is 0. The normalized spacial score (nSPS) is 19.3. The monoisotopic (exact) mass is 594 g/mol. The highest BCUT2D eigenvalue weighted by molar-refractivity contribution is 7.56. The van der Waals surface area contributed by atoms with Crippen molar-refractivity contribution < 1.29 is 23.7 Å². The van der Waals surface area contributed by atoms with Crippen molar-refractivity contribution in [3.8, 4) is 39.9 Å². The third kappa shape index (κ3) is 4.21. The maximum Gasteiger partial charge on any atom is 0.249 e. The van der Waals surface area contributed by atoms with Gasteiger partial charge >= 0.3 is 0 Å². The highest BCUT2D eigenvalue weighted by atomic mass is 31.1. The molecule has 0 aliphatic carbocycles. The van der Waals surface area contributed by atoms with Gasteiger partial charge < -0.3 is 18.9 Å². The molecule has 6 nitrogen and oxygen atoms in total. The quantitative estimate of drug-likeness (QED) is 0.212. The van der Waals surface area contributed by atoms with Gasteiger partial charge in [-0.2, -0.15) is 0 Å². The van der Waals surface area contributed by atoms with Gasteiger partial charge in [0.25, 0.3) is 0 Å². The van der Waals surface area contributed by atoms with Crippen molar-refractivity contribution in [3.05, 3.63) is 96.1 Å². The van der Waals surface area contributed by atoms with Crippen LogP contribution >= 0.6 is 15.7 Å². The lowest BCUT2D eigenvalue weighted by molar-refractivity contribution is -0.122. The first kappa shape index (κ1) is 26.8. The van der Waals surface area contributed by atoms with E-state index in [-0.39, 0.29) is 18.3 Å². The molecule has 3 aliphatic heterocycles. The fourth-order valence-corrected chi connectivity index (χ4v) is 8.66. The molecule has 0 radical (unpaired) electrons. The summed E-state index contributed by atoms with van der Waals surface area (Å²) in [5, 5.41) is 0. The lowest BCUT2D eigenvalue weighted by Crippen LogP contribution is -2.46. The fraction of sp³-hybridized carbons (Fsp3) is 0.206. The van der Waals surface area contributed by atoms with E-state index >= 15 is 0 Å². The molecule has 3 unspecified atom stereocenters. The Morgan fingerprint density at radius 1 is 0.929 bits per heavy atom. The van der Waals surface area contributed by atoms with E-state index in [1.54, 1.807) is 0 Å². The molecule has 1 spiro atoms. The average Bonchev–Trinajstić information content (AvgIpc) is 3.50. The first-order valence-electron chi connectivity index (χ1n) is 13.8. The van der Waals surface area contributed by atoms with E-state index in [0.29, 0.717) is 30.5 Å². The van der Waals surface area contributed by atoms with Gasteiger partial charge in [-0.1, -0.05) is 48.8 Å². The van der Waals surface area contributed by atoms with Crippen molar-refractivity contribution in [1.82, 2.24) is 0 Å². The molecule has 210 valence electrons. The Bertz CT molecular complexity index is 1720. The summed E-state index contributed by atoms with van der Waals surface area (Å²) < 4.78 is 24.2. The minimum Gasteiger partial charge on any atom is -0.491 e. The molecule has 0 saturated carbocycles. The number of amides is 1. The average molecular weight is 595 g/mol. The van der Waals surface area contributed by atoms with Crippen LogP contribution in [0, 0.1) is 0 Å². The number of nitrogens with zero attached hydrogens (tertiary/aromatic N) is 1. The number of fused-ring (bicyclic) bond motifs is 5. The minimum absolute atomic E-state index is 0.0102. The van der Waals surface area contributed by atoms with Gasteiger partial charge in [-0.3, -0.25) is 9.69 Å². The lowest BCUT2D eigenvalue weighted by Gasteiger charge is -2.26. The van der Waals surface area contributed by atoms with Crippen molar-refractivity contribution in [3.63, 3.8) is 0 Å². The Kier molecular flexibility index (Phi) is 6.77. The Balaban J connectivity index is 1.40. The topological polar surface area (TPSA) is 57.2 Å². The third-order valence-corrected chi connectivity index (χ3v) is 10.4. The van der Waals surface area contributed by atoms with Crippen LogP contribution < -0.4 is 23.8 Å². The van der Waals surface area contributed by atoms with Crippen LogP contribution in [0.4, 0.5) is 5.69 Å². The Morgan fingerprint density at radius 3 is 2.36 bits per heavy atom. The van der Waals surface area contributed by atoms with Gasteiger partial charge in [-0.15, -0.1) is 8.20 Å². The predicted molar refractivity (Wildman–Crippen MR) is 172 cm³/mol. The lowest BCUT2D eigenvalue weighted by atomic mass is 9.74. The molecular formula is C34H30NO5P2+. The first-order chi connectivity index (χ1) is 20.5. The van der Waals surface area contributed by atoms with Gasteiger partial charge in [0.05, 0.1) is 24.8 Å². The zero-order valence-corrected chi connectivity index (χ0v) is 25.1. The molecule has 3 atom stereocenters. The van der Waals surface area contributed by atoms with Crippen molar-refractivity contribution in [2.75, 3.05) is 37.5 Å². The maximum absolute atomic E-state index is 14.9. The highest BCUT2D eigenvalue weighted by Crippen LogP contribution is 2.58. The van der Waals surface area contributed by atoms with Crippen LogP contribution in [0.2, 0.25) is 0 Å². The van der Waals surface area contributed by atoms with Gasteiger partial charge in [0.15, 0.2) is 11.5 Å². The molecule has 4 aromatic carbocycles. The number of anilines is 1. The number of rotatable bonds is 7. The molecule has 3 heterocycles. The van der Waals surface area contributed by atoms with Gasteiger partial charge in [0.2, 0.25) is 11.7 Å². The van der Waals surface area contributed by atoms with E-state index < -0.39 is 13.0 Å². The number of carbonyl (C=O) groups is 1. The standard InChI is InChI=1S/C34H30NO5P2/c1-41-20-31(42(2)3)35-27-11-7-10-25(22-12-14-24(15-13-22)40-23-8-5-4-6-9-23)32(27)34(33(35)36)21-39-28-19-30-29(18-26(28)34)37-16-17-38-30/h4-15,18-19,31H,1-2,16-17,20-21H2,3H3/q+1. The summed E-state index contributed by atoms with van der Waals surface area (Å²) in [6, 6.07) is 27.7. The van der Waals surface area contributed by atoms with Crippen LogP contribution in [-0.2, 0) is 10.2 Å². The summed E-state index contributed by atoms with van der Waals surface area (Å²) in [5.41, 5.74) is 3.61. The SMILES string of the molecule is C=PCC(N1C(=O)C2(COc3cc4c(cc32)OCCO4)c2c(-c3ccc(Oc4ccccc4)cc3)cccc21)[P+](=C)C. The van der Waals surface area contributed by atoms with E-state index in [9.17, 15) is 4.79 Å². The van der Waals surface area contributed by atoms with Crippen molar-refractivity contribution in [1.29, 1.82) is 0 Å². The second-order valence-electron chi connectivity index (χ2n) is 10.6. The van der Waals surface area contributed by atoms with Gasteiger partial charge in [0, 0.05) is 17.2 Å². The van der Waals surface area contributed by atoms with E-state index in [0.717, 1.165) is 53.8 Å². The zero-order valence-electron chi connectivity index (χ0n) is 23.3. The second-order valence-corrected chi connectivity index (χ2v) is 13.6. The molecule has 0 saturated heterocycles. The Hall–Kier alpha value is -4.11. The maximum atomic E-state index is 14.9. The van der Waals surface area contributed by atoms with Crippen LogP contribution in [0.25, 0.3) is 11.1 Å². The van der Waals surface area contributed by atoms with Crippen molar-refractivity contribution >= 4 is 39.9 Å². The zero-order chi connectivity index (χ0) is 28.8. The Labute approximate surface area is 248 Å². The number of benzene rings is 4. The summed E-state index contributed by atoms with van der Waals surface area (Å²) >= 11 is 0. The number of carbonyl (C=O) groups excluding carboxylic acids is 1. The molecule has 0 bridgehead atoms. The summed E-state index contributed by atoms with van der Waals surface area (Å²) in [6.07, 6.45) is 9.24. The van der Waals surface area contributed by atoms with E-state index in [1.807, 2.05) is 65.6 Å². The summed E-state index contributed by atoms with van der Waals surface area (Å²) in [7, 11) is 0.249.